The van der Waals surface area contributed by atoms with Crippen LogP contribution in [0, 0.1) is 5.92 Å². The largest absolute Gasteiger partial charge is 0.387 e. The molecule has 0 amide bonds. The van der Waals surface area contributed by atoms with E-state index in [9.17, 15) is 5.11 Å². The second-order valence-corrected chi connectivity index (χ2v) is 5.33. The van der Waals surface area contributed by atoms with E-state index in [4.69, 9.17) is 0 Å². The van der Waals surface area contributed by atoms with Crippen LogP contribution in [0.4, 0.5) is 0 Å². The average molecular weight is 221 g/mol. The molecule has 3 fully saturated rings. The summed E-state index contributed by atoms with van der Waals surface area (Å²) in [5, 5.41) is 12.2. The number of aliphatic hydroxyl groups excluding tert-OH is 1. The van der Waals surface area contributed by atoms with E-state index in [-0.39, 0.29) is 6.10 Å². The van der Waals surface area contributed by atoms with E-state index in [1.54, 1.807) is 11.3 Å². The highest BCUT2D eigenvalue weighted by atomic mass is 32.1. The number of thiophene rings is 1. The number of aliphatic hydroxyl groups is 1. The van der Waals surface area contributed by atoms with Gasteiger partial charge in [-0.3, -0.25) is 0 Å². The molecule has 2 bridgehead atoms. The van der Waals surface area contributed by atoms with Gasteiger partial charge >= 0.3 is 0 Å². The highest BCUT2D eigenvalue weighted by molar-refractivity contribution is 7.10. The minimum absolute atomic E-state index is 0.227. The third-order valence-electron chi connectivity index (χ3n) is 3.49. The van der Waals surface area contributed by atoms with E-state index in [1.165, 1.54) is 4.88 Å². The Bertz CT molecular complexity index is 359. The first-order valence-corrected chi connectivity index (χ1v) is 6.40. The Labute approximate surface area is 93.8 Å². The summed E-state index contributed by atoms with van der Waals surface area (Å²) < 4.78 is 0. The molecule has 3 aliphatic heterocycles. The minimum Gasteiger partial charge on any atom is -0.387 e. The number of piperidine rings is 3. The third-order valence-corrected chi connectivity index (χ3v) is 4.31. The normalized spacial score (nSPS) is 32.6. The van der Waals surface area contributed by atoms with Crippen LogP contribution in [0.15, 0.2) is 23.2 Å². The maximum Gasteiger partial charge on any atom is 0.0966 e. The maximum absolute atomic E-state index is 10.2. The zero-order valence-electron chi connectivity index (χ0n) is 8.60. The van der Waals surface area contributed by atoms with Gasteiger partial charge in [0.05, 0.1) is 6.10 Å². The Morgan fingerprint density at radius 3 is 2.80 bits per heavy atom. The van der Waals surface area contributed by atoms with Crippen molar-refractivity contribution >= 4 is 17.4 Å². The molecule has 80 valence electrons. The van der Waals surface area contributed by atoms with Crippen LogP contribution in [-0.2, 0) is 0 Å². The molecule has 3 aliphatic rings. The van der Waals surface area contributed by atoms with Gasteiger partial charge in [0.1, 0.15) is 0 Å². The second-order valence-electron chi connectivity index (χ2n) is 4.35. The van der Waals surface area contributed by atoms with E-state index in [0.717, 1.165) is 31.6 Å². The zero-order valence-corrected chi connectivity index (χ0v) is 9.41. The highest BCUT2D eigenvalue weighted by Gasteiger charge is 2.36. The van der Waals surface area contributed by atoms with Gasteiger partial charge in [0.15, 0.2) is 0 Å². The molecule has 2 nitrogen and oxygen atoms in total. The molecule has 0 aromatic carbocycles. The summed E-state index contributed by atoms with van der Waals surface area (Å²) in [4.78, 5) is 3.58. The van der Waals surface area contributed by atoms with Crippen LogP contribution in [0.2, 0.25) is 0 Å². The van der Waals surface area contributed by atoms with E-state index in [2.05, 4.69) is 28.5 Å². The van der Waals surface area contributed by atoms with E-state index < -0.39 is 0 Å². The Balaban J connectivity index is 1.92. The maximum atomic E-state index is 10.2. The molecule has 1 aromatic heterocycles. The second kappa shape index (κ2) is 3.65. The molecule has 4 rings (SSSR count). The van der Waals surface area contributed by atoms with Crippen molar-refractivity contribution in [2.24, 2.45) is 5.92 Å². The van der Waals surface area contributed by atoms with Crippen molar-refractivity contribution < 1.29 is 5.11 Å². The molecule has 15 heavy (non-hydrogen) atoms. The summed E-state index contributed by atoms with van der Waals surface area (Å²) in [6, 6.07) is 4.16. The summed E-state index contributed by atoms with van der Waals surface area (Å²) in [6.07, 6.45) is 4.24. The van der Waals surface area contributed by atoms with E-state index >= 15 is 0 Å². The zero-order chi connectivity index (χ0) is 10.3. The van der Waals surface area contributed by atoms with Crippen LogP contribution in [0.1, 0.15) is 17.7 Å². The quantitative estimate of drug-likeness (QED) is 0.785. The average Bonchev–Trinajstić information content (AvgIpc) is 2.77. The minimum atomic E-state index is -0.227. The van der Waals surface area contributed by atoms with Crippen molar-refractivity contribution in [1.29, 1.82) is 0 Å². The molecule has 3 heteroatoms. The number of nitrogens with zero attached hydrogens (tertiary/aromatic N) is 1. The molecule has 0 aliphatic carbocycles. The van der Waals surface area contributed by atoms with Gasteiger partial charge in [-0.05, 0) is 36.3 Å². The lowest BCUT2D eigenvalue weighted by Gasteiger charge is -2.45. The van der Waals surface area contributed by atoms with E-state index in [0.29, 0.717) is 5.92 Å². The molecular formula is C12H15NOS. The lowest BCUT2D eigenvalue weighted by molar-refractivity contribution is 0.0215. The van der Waals surface area contributed by atoms with Gasteiger partial charge in [-0.1, -0.05) is 6.07 Å². The molecule has 1 N–H and O–H groups in total. The summed E-state index contributed by atoms with van der Waals surface area (Å²) in [5.74, 6) is 0.501. The van der Waals surface area contributed by atoms with Gasteiger partial charge in [0.2, 0.25) is 0 Å². The molecule has 1 aromatic rings. The predicted octanol–water partition coefficient (Wildman–Crippen LogP) is 2.18. The highest BCUT2D eigenvalue weighted by Crippen LogP contribution is 2.35. The monoisotopic (exact) mass is 221 g/mol. The molecule has 1 atom stereocenters. The Kier molecular flexibility index (Phi) is 2.29. The lowest BCUT2D eigenvalue weighted by Crippen LogP contribution is -2.48. The van der Waals surface area contributed by atoms with E-state index in [1.807, 2.05) is 0 Å². The topological polar surface area (TPSA) is 23.5 Å². The smallest absolute Gasteiger partial charge is 0.0966 e. The van der Waals surface area contributed by atoms with Crippen LogP contribution < -0.4 is 0 Å². The fourth-order valence-corrected chi connectivity index (χ4v) is 3.26. The number of hydrogen-bond donors (Lipinski definition) is 1. The Morgan fingerprint density at radius 2 is 2.20 bits per heavy atom. The molecule has 4 heterocycles. The summed E-state index contributed by atoms with van der Waals surface area (Å²) in [7, 11) is 0. The summed E-state index contributed by atoms with van der Waals surface area (Å²) in [6.45, 7) is 2.25. The molecule has 0 spiro atoms. The third kappa shape index (κ3) is 1.60. The van der Waals surface area contributed by atoms with Gasteiger partial charge < -0.3 is 10.0 Å². The predicted molar refractivity (Wildman–Crippen MR) is 62.6 cm³/mol. The Hall–Kier alpha value is -0.800. The summed E-state index contributed by atoms with van der Waals surface area (Å²) >= 11 is 1.73. The standard InChI is InChI=1S/C12H15NOS/c14-12-9-3-5-13(6-4-9)11(12)8-10-2-1-7-15-10/h1-2,7-9,12,14H,3-6H2/b11-8+. The van der Waals surface area contributed by atoms with Crippen LogP contribution in [0.3, 0.4) is 0 Å². The van der Waals surface area contributed by atoms with Crippen molar-refractivity contribution in [2.45, 2.75) is 18.9 Å². The van der Waals surface area contributed by atoms with Gasteiger partial charge in [0, 0.05) is 23.7 Å². The van der Waals surface area contributed by atoms with Crippen LogP contribution >= 0.6 is 11.3 Å². The fourth-order valence-electron chi connectivity index (χ4n) is 2.60. The molecule has 0 radical (unpaired) electrons. The van der Waals surface area contributed by atoms with Crippen molar-refractivity contribution in [3.05, 3.63) is 28.1 Å². The summed E-state index contributed by atoms with van der Waals surface area (Å²) in [5.41, 5.74) is 1.14. The van der Waals surface area contributed by atoms with Crippen molar-refractivity contribution in [3.63, 3.8) is 0 Å². The molecular weight excluding hydrogens is 206 g/mol. The molecule has 0 saturated carbocycles. The number of hydrogen-bond acceptors (Lipinski definition) is 3. The van der Waals surface area contributed by atoms with Crippen molar-refractivity contribution in [1.82, 2.24) is 4.90 Å². The van der Waals surface area contributed by atoms with Crippen molar-refractivity contribution in [2.75, 3.05) is 13.1 Å². The molecule has 1 unspecified atom stereocenters. The number of rotatable bonds is 1. The fraction of sp³-hybridized carbons (Fsp3) is 0.500. The SMILES string of the molecule is OC1/C(=C\c2cccs2)N2CCC1CC2. The van der Waals surface area contributed by atoms with Crippen molar-refractivity contribution in [3.8, 4) is 0 Å². The van der Waals surface area contributed by atoms with Gasteiger partial charge in [-0.2, -0.15) is 0 Å². The number of fused-ring (bicyclic) bond motifs is 3. The van der Waals surface area contributed by atoms with Crippen LogP contribution in [-0.4, -0.2) is 29.2 Å². The van der Waals surface area contributed by atoms with Gasteiger partial charge in [0.25, 0.3) is 0 Å². The lowest BCUT2D eigenvalue weighted by atomic mass is 9.83. The van der Waals surface area contributed by atoms with Gasteiger partial charge in [-0.25, -0.2) is 0 Å². The first kappa shape index (κ1) is 9.43. The Morgan fingerprint density at radius 1 is 1.40 bits per heavy atom. The first-order chi connectivity index (χ1) is 7.34. The van der Waals surface area contributed by atoms with Crippen LogP contribution in [0.25, 0.3) is 6.08 Å². The van der Waals surface area contributed by atoms with Gasteiger partial charge in [-0.15, -0.1) is 11.3 Å². The van der Waals surface area contributed by atoms with Crippen LogP contribution in [0.5, 0.6) is 0 Å². The first-order valence-electron chi connectivity index (χ1n) is 5.53. The molecule has 3 saturated heterocycles.